The quantitative estimate of drug-likeness (QED) is 0.594. The third-order valence-corrected chi connectivity index (χ3v) is 6.46. The van der Waals surface area contributed by atoms with Gasteiger partial charge in [0, 0.05) is 19.0 Å². The van der Waals surface area contributed by atoms with E-state index in [1.807, 2.05) is 26.0 Å². The lowest BCUT2D eigenvalue weighted by Gasteiger charge is -2.24. The summed E-state index contributed by atoms with van der Waals surface area (Å²) >= 11 is 0. The Morgan fingerprint density at radius 1 is 1.00 bits per heavy atom. The van der Waals surface area contributed by atoms with Crippen LogP contribution in [0.3, 0.4) is 0 Å². The van der Waals surface area contributed by atoms with E-state index in [0.717, 1.165) is 11.1 Å². The molecule has 0 radical (unpaired) electrons. The van der Waals surface area contributed by atoms with E-state index in [4.69, 9.17) is 4.52 Å². The number of aromatic nitrogens is 1. The van der Waals surface area contributed by atoms with Crippen LogP contribution in [-0.2, 0) is 21.4 Å². The number of sulfonamides is 1. The predicted molar refractivity (Wildman–Crippen MR) is 115 cm³/mol. The Balaban J connectivity index is 1.76. The molecule has 1 amide bonds. The smallest absolute Gasteiger partial charge is 0.264 e. The number of nitrogens with zero attached hydrogens (tertiary/aromatic N) is 2. The summed E-state index contributed by atoms with van der Waals surface area (Å²) in [5.74, 6) is 0.390. The highest BCUT2D eigenvalue weighted by atomic mass is 32.2. The van der Waals surface area contributed by atoms with E-state index in [0.29, 0.717) is 17.1 Å². The molecule has 0 aliphatic rings. The molecule has 0 spiro atoms. The van der Waals surface area contributed by atoms with E-state index in [1.54, 1.807) is 49.4 Å². The van der Waals surface area contributed by atoms with E-state index in [1.165, 1.54) is 4.31 Å². The fraction of sp³-hybridized carbons (Fsp3) is 0.273. The summed E-state index contributed by atoms with van der Waals surface area (Å²) < 4.78 is 32.8. The zero-order valence-corrected chi connectivity index (χ0v) is 18.1. The van der Waals surface area contributed by atoms with E-state index in [-0.39, 0.29) is 30.3 Å². The number of anilines is 1. The first-order valence-electron chi connectivity index (χ1n) is 9.61. The van der Waals surface area contributed by atoms with Crippen LogP contribution in [-0.4, -0.2) is 26.0 Å². The number of aryl methyl sites for hydroxylation is 3. The molecule has 0 aliphatic carbocycles. The van der Waals surface area contributed by atoms with Crippen LogP contribution in [0.4, 0.5) is 5.69 Å². The molecular weight excluding hydrogens is 402 g/mol. The lowest BCUT2D eigenvalue weighted by atomic mass is 10.2. The van der Waals surface area contributed by atoms with Crippen molar-refractivity contribution >= 4 is 21.6 Å². The van der Waals surface area contributed by atoms with Gasteiger partial charge in [-0.1, -0.05) is 40.5 Å². The van der Waals surface area contributed by atoms with Crippen LogP contribution >= 0.6 is 0 Å². The van der Waals surface area contributed by atoms with Gasteiger partial charge in [0.05, 0.1) is 17.1 Å². The van der Waals surface area contributed by atoms with Crippen molar-refractivity contribution in [2.45, 2.75) is 38.6 Å². The second-order valence-corrected chi connectivity index (χ2v) is 9.04. The second-order valence-electron chi connectivity index (χ2n) is 7.18. The minimum atomic E-state index is -3.82. The summed E-state index contributed by atoms with van der Waals surface area (Å²) in [6, 6.07) is 15.6. The molecule has 158 valence electrons. The predicted octanol–water partition coefficient (Wildman–Crippen LogP) is 3.50. The van der Waals surface area contributed by atoms with Gasteiger partial charge in [0.15, 0.2) is 0 Å². The molecule has 0 bridgehead atoms. The lowest BCUT2D eigenvalue weighted by molar-refractivity contribution is -0.121. The molecule has 30 heavy (non-hydrogen) atoms. The van der Waals surface area contributed by atoms with Gasteiger partial charge < -0.3 is 9.84 Å². The summed E-state index contributed by atoms with van der Waals surface area (Å²) in [5.41, 5.74) is 3.12. The maximum atomic E-state index is 13.3. The van der Waals surface area contributed by atoms with Crippen molar-refractivity contribution in [3.8, 4) is 0 Å². The normalized spacial score (nSPS) is 11.3. The van der Waals surface area contributed by atoms with Crippen LogP contribution in [0, 0.1) is 20.8 Å². The molecule has 0 atom stereocenters. The largest absolute Gasteiger partial charge is 0.361 e. The van der Waals surface area contributed by atoms with Gasteiger partial charge in [0.25, 0.3) is 10.0 Å². The van der Waals surface area contributed by atoms with Crippen molar-refractivity contribution in [3.05, 3.63) is 77.2 Å². The fourth-order valence-corrected chi connectivity index (χ4v) is 4.38. The number of benzene rings is 2. The van der Waals surface area contributed by atoms with Crippen LogP contribution in [0.5, 0.6) is 0 Å². The number of hydrogen-bond acceptors (Lipinski definition) is 5. The number of hydrogen-bond donors (Lipinski definition) is 1. The van der Waals surface area contributed by atoms with E-state index < -0.39 is 10.0 Å². The number of carbonyl (C=O) groups excluding carboxylic acids is 1. The summed E-state index contributed by atoms with van der Waals surface area (Å²) in [6.07, 6.45) is 0.00972. The van der Waals surface area contributed by atoms with Gasteiger partial charge in [0.1, 0.15) is 11.5 Å². The van der Waals surface area contributed by atoms with Gasteiger partial charge in [-0.15, -0.1) is 0 Å². The van der Waals surface area contributed by atoms with Crippen LogP contribution in [0.2, 0.25) is 0 Å². The minimum absolute atomic E-state index is 0.00972. The Kier molecular flexibility index (Phi) is 6.56. The van der Waals surface area contributed by atoms with E-state index in [2.05, 4.69) is 10.5 Å². The fourth-order valence-electron chi connectivity index (χ4n) is 2.92. The summed E-state index contributed by atoms with van der Waals surface area (Å²) in [5, 5.41) is 6.57. The maximum absolute atomic E-state index is 13.3. The molecule has 1 aromatic heterocycles. The van der Waals surface area contributed by atoms with Crippen LogP contribution < -0.4 is 9.62 Å². The van der Waals surface area contributed by atoms with Crippen LogP contribution in [0.15, 0.2) is 64.0 Å². The second kappa shape index (κ2) is 9.13. The third-order valence-electron chi connectivity index (χ3n) is 4.62. The van der Waals surface area contributed by atoms with Crippen molar-refractivity contribution < 1.29 is 17.7 Å². The van der Waals surface area contributed by atoms with Crippen molar-refractivity contribution in [3.63, 3.8) is 0 Å². The van der Waals surface area contributed by atoms with Gasteiger partial charge >= 0.3 is 0 Å². The molecule has 0 saturated carbocycles. The Bertz CT molecular complexity index is 1100. The lowest BCUT2D eigenvalue weighted by Crippen LogP contribution is -2.35. The molecule has 0 saturated heterocycles. The van der Waals surface area contributed by atoms with Crippen molar-refractivity contribution in [1.82, 2.24) is 10.5 Å². The molecule has 2 aromatic carbocycles. The zero-order chi connectivity index (χ0) is 21.7. The van der Waals surface area contributed by atoms with Crippen LogP contribution in [0.1, 0.15) is 29.0 Å². The van der Waals surface area contributed by atoms with E-state index in [9.17, 15) is 13.2 Å². The van der Waals surface area contributed by atoms with E-state index >= 15 is 0 Å². The van der Waals surface area contributed by atoms with Gasteiger partial charge in [-0.3, -0.25) is 9.10 Å². The topological polar surface area (TPSA) is 92.5 Å². The Hall–Kier alpha value is -3.13. The molecule has 0 fully saturated rings. The van der Waals surface area contributed by atoms with Gasteiger partial charge in [0.2, 0.25) is 5.91 Å². The number of carbonyl (C=O) groups is 1. The first-order valence-corrected chi connectivity index (χ1v) is 11.0. The molecule has 0 aliphatic heterocycles. The monoisotopic (exact) mass is 427 g/mol. The average Bonchev–Trinajstić information content (AvgIpc) is 3.13. The van der Waals surface area contributed by atoms with Gasteiger partial charge in [-0.2, -0.15) is 0 Å². The molecular formula is C22H25N3O4S. The van der Waals surface area contributed by atoms with Crippen LogP contribution in [0.25, 0.3) is 0 Å². The number of nitrogens with one attached hydrogen (secondary N) is 1. The summed E-state index contributed by atoms with van der Waals surface area (Å²) in [4.78, 5) is 12.5. The average molecular weight is 428 g/mol. The SMILES string of the molecule is Cc1ccc(N(CCC(=O)NCc2cc(C)on2)S(=O)(=O)c2ccc(C)cc2)cc1. The standard InChI is InChI=1S/C22H25N3O4S/c1-16-4-8-20(9-5-16)25(30(27,28)21-10-6-17(2)7-11-21)13-12-22(26)23-15-19-14-18(3)29-24-19/h4-11,14H,12-13,15H2,1-3H3,(H,23,26). The minimum Gasteiger partial charge on any atom is -0.361 e. The molecule has 1 N–H and O–H groups in total. The van der Waals surface area contributed by atoms with Crippen molar-refractivity contribution in [2.24, 2.45) is 0 Å². The Morgan fingerprint density at radius 2 is 1.60 bits per heavy atom. The molecule has 3 rings (SSSR count). The highest BCUT2D eigenvalue weighted by molar-refractivity contribution is 7.92. The van der Waals surface area contributed by atoms with Crippen molar-refractivity contribution in [2.75, 3.05) is 10.8 Å². The maximum Gasteiger partial charge on any atom is 0.264 e. The van der Waals surface area contributed by atoms with Gasteiger partial charge in [-0.05, 0) is 45.0 Å². The highest BCUT2D eigenvalue weighted by Gasteiger charge is 2.25. The molecule has 7 nitrogen and oxygen atoms in total. The molecule has 0 unspecified atom stereocenters. The first-order chi connectivity index (χ1) is 14.3. The highest BCUT2D eigenvalue weighted by Crippen LogP contribution is 2.24. The molecule has 1 heterocycles. The number of amides is 1. The van der Waals surface area contributed by atoms with Crippen molar-refractivity contribution in [1.29, 1.82) is 0 Å². The Morgan fingerprint density at radius 3 is 2.17 bits per heavy atom. The Labute approximate surface area is 176 Å². The first kappa shape index (κ1) is 21.6. The van der Waals surface area contributed by atoms with Gasteiger partial charge in [-0.25, -0.2) is 8.42 Å². The third kappa shape index (κ3) is 5.27. The summed E-state index contributed by atoms with van der Waals surface area (Å²) in [6.45, 7) is 5.85. The summed E-state index contributed by atoms with van der Waals surface area (Å²) in [7, 11) is -3.82. The molecule has 3 aromatic rings. The zero-order valence-electron chi connectivity index (χ0n) is 17.3. The molecule has 8 heteroatoms. The number of rotatable bonds is 8.